The van der Waals surface area contributed by atoms with Crippen LogP contribution in [-0.2, 0) is 4.79 Å². The highest BCUT2D eigenvalue weighted by Gasteiger charge is 2.31. The molecule has 2 rings (SSSR count). The summed E-state index contributed by atoms with van der Waals surface area (Å²) in [5.41, 5.74) is 1.66. The number of carboxylic acid groups (broad SMARTS) is 1. The molecule has 0 spiro atoms. The van der Waals surface area contributed by atoms with Crippen molar-refractivity contribution in [2.24, 2.45) is 0 Å². The van der Waals surface area contributed by atoms with Crippen molar-refractivity contribution in [1.29, 1.82) is 0 Å². The van der Waals surface area contributed by atoms with E-state index in [1.165, 1.54) is 0 Å². The minimum absolute atomic E-state index is 0.0204. The Kier molecular flexibility index (Phi) is 6.30. The van der Waals surface area contributed by atoms with Crippen LogP contribution in [0, 0.1) is 19.7 Å². The summed E-state index contributed by atoms with van der Waals surface area (Å²) in [4.78, 5) is 10.5. The third kappa shape index (κ3) is 5.87. The van der Waals surface area contributed by atoms with Gasteiger partial charge in [-0.05, 0) is 67.3 Å². The predicted octanol–water partition coefficient (Wildman–Crippen LogP) is 5.25. The second kappa shape index (κ2) is 8.28. The number of hydrogen-bond donors (Lipinski definition) is 1. The molecule has 1 N–H and O–H groups in total. The molecule has 0 heterocycles. The molecular formula is C19H18F4O4. The monoisotopic (exact) mass is 386 g/mol. The molecule has 0 bridgehead atoms. The van der Waals surface area contributed by atoms with Crippen molar-refractivity contribution in [2.75, 3.05) is 6.61 Å². The van der Waals surface area contributed by atoms with Crippen LogP contribution < -0.4 is 9.47 Å². The molecule has 0 saturated carbocycles. The summed E-state index contributed by atoms with van der Waals surface area (Å²) in [6, 6.07) is 6.00. The smallest absolute Gasteiger partial charge is 0.493 e. The molecule has 0 radical (unpaired) electrons. The third-order valence-corrected chi connectivity index (χ3v) is 3.72. The SMILES string of the molecule is Cc1cc(-c2cc(OC(F)(F)F)ccc2F)cc(C)c1OCCCC(=O)O. The van der Waals surface area contributed by atoms with Crippen LogP contribution in [0.1, 0.15) is 24.0 Å². The summed E-state index contributed by atoms with van der Waals surface area (Å²) in [7, 11) is 0. The number of aliphatic carboxylic acids is 1. The molecule has 0 unspecified atom stereocenters. The first-order valence-electron chi connectivity index (χ1n) is 8.08. The van der Waals surface area contributed by atoms with Gasteiger partial charge in [0.05, 0.1) is 6.61 Å². The Bertz CT molecular complexity index is 808. The highest BCUT2D eigenvalue weighted by atomic mass is 19.4. The van der Waals surface area contributed by atoms with Crippen molar-refractivity contribution in [3.05, 3.63) is 47.3 Å². The number of hydrogen-bond acceptors (Lipinski definition) is 3. The number of rotatable bonds is 7. The summed E-state index contributed by atoms with van der Waals surface area (Å²) in [6.45, 7) is 3.64. The molecule has 0 aliphatic rings. The van der Waals surface area contributed by atoms with E-state index in [4.69, 9.17) is 9.84 Å². The van der Waals surface area contributed by atoms with Crippen molar-refractivity contribution in [2.45, 2.75) is 33.1 Å². The van der Waals surface area contributed by atoms with Gasteiger partial charge in [0.2, 0.25) is 0 Å². The second-order valence-corrected chi connectivity index (χ2v) is 5.97. The minimum atomic E-state index is -4.87. The number of aryl methyl sites for hydroxylation is 2. The van der Waals surface area contributed by atoms with E-state index < -0.39 is 23.9 Å². The Hall–Kier alpha value is -2.77. The van der Waals surface area contributed by atoms with Gasteiger partial charge in [-0.25, -0.2) is 4.39 Å². The summed E-state index contributed by atoms with van der Waals surface area (Å²) >= 11 is 0. The highest BCUT2D eigenvalue weighted by molar-refractivity contribution is 5.69. The summed E-state index contributed by atoms with van der Waals surface area (Å²) < 4.78 is 60.8. The molecule has 8 heteroatoms. The van der Waals surface area contributed by atoms with Gasteiger partial charge in [0.15, 0.2) is 0 Å². The average molecular weight is 386 g/mol. The highest BCUT2D eigenvalue weighted by Crippen LogP contribution is 2.34. The van der Waals surface area contributed by atoms with Crippen LogP contribution in [0.5, 0.6) is 11.5 Å². The van der Waals surface area contributed by atoms with Gasteiger partial charge in [-0.1, -0.05) is 0 Å². The summed E-state index contributed by atoms with van der Waals surface area (Å²) in [6.07, 6.45) is -4.55. The molecular weight excluding hydrogens is 368 g/mol. The summed E-state index contributed by atoms with van der Waals surface area (Å²) in [5.74, 6) is -1.58. The van der Waals surface area contributed by atoms with Gasteiger partial charge in [0.25, 0.3) is 0 Å². The Morgan fingerprint density at radius 2 is 1.74 bits per heavy atom. The van der Waals surface area contributed by atoms with Crippen LogP contribution >= 0.6 is 0 Å². The fourth-order valence-corrected chi connectivity index (χ4v) is 2.65. The maximum Gasteiger partial charge on any atom is 0.573 e. The zero-order valence-corrected chi connectivity index (χ0v) is 14.7. The number of carbonyl (C=O) groups is 1. The molecule has 27 heavy (non-hydrogen) atoms. The van der Waals surface area contributed by atoms with Crippen LogP contribution in [0.2, 0.25) is 0 Å². The van der Waals surface area contributed by atoms with E-state index in [0.29, 0.717) is 28.9 Å². The quantitative estimate of drug-likeness (QED) is 0.522. The lowest BCUT2D eigenvalue weighted by atomic mass is 9.99. The Labute approximate surface area is 153 Å². The van der Waals surface area contributed by atoms with Gasteiger partial charge in [-0.3, -0.25) is 4.79 Å². The number of alkyl halides is 3. The van der Waals surface area contributed by atoms with E-state index in [9.17, 15) is 22.4 Å². The first-order valence-corrected chi connectivity index (χ1v) is 8.08. The number of benzene rings is 2. The zero-order chi connectivity index (χ0) is 20.2. The second-order valence-electron chi connectivity index (χ2n) is 5.97. The fourth-order valence-electron chi connectivity index (χ4n) is 2.65. The first kappa shape index (κ1) is 20.5. The molecule has 0 saturated heterocycles. The van der Waals surface area contributed by atoms with E-state index in [2.05, 4.69) is 4.74 Å². The Morgan fingerprint density at radius 3 is 2.30 bits per heavy atom. The van der Waals surface area contributed by atoms with Crippen molar-refractivity contribution in [1.82, 2.24) is 0 Å². The maximum atomic E-state index is 14.2. The lowest BCUT2D eigenvalue weighted by molar-refractivity contribution is -0.274. The Morgan fingerprint density at radius 1 is 1.11 bits per heavy atom. The van der Waals surface area contributed by atoms with Crippen LogP contribution in [0.15, 0.2) is 30.3 Å². The largest absolute Gasteiger partial charge is 0.573 e. The lowest BCUT2D eigenvalue weighted by Gasteiger charge is -2.15. The molecule has 0 aromatic heterocycles. The average Bonchev–Trinajstić information content (AvgIpc) is 2.53. The molecule has 2 aromatic rings. The van der Waals surface area contributed by atoms with Crippen molar-refractivity contribution >= 4 is 5.97 Å². The normalized spacial score (nSPS) is 11.3. The van der Waals surface area contributed by atoms with Crippen molar-refractivity contribution < 1.29 is 36.9 Å². The Balaban J connectivity index is 2.27. The zero-order valence-electron chi connectivity index (χ0n) is 14.7. The van der Waals surface area contributed by atoms with Gasteiger partial charge in [0, 0.05) is 12.0 Å². The van der Waals surface area contributed by atoms with Crippen molar-refractivity contribution in [3.63, 3.8) is 0 Å². The number of ether oxygens (including phenoxy) is 2. The number of halogens is 4. The van der Waals surface area contributed by atoms with Gasteiger partial charge in [-0.2, -0.15) is 0 Å². The molecule has 2 aromatic carbocycles. The van der Waals surface area contributed by atoms with Gasteiger partial charge < -0.3 is 14.6 Å². The molecule has 0 fully saturated rings. The first-order chi connectivity index (χ1) is 12.6. The van der Waals surface area contributed by atoms with Crippen LogP contribution in [0.25, 0.3) is 11.1 Å². The van der Waals surface area contributed by atoms with Gasteiger partial charge in [0.1, 0.15) is 17.3 Å². The van der Waals surface area contributed by atoms with E-state index in [-0.39, 0.29) is 18.6 Å². The van der Waals surface area contributed by atoms with Crippen LogP contribution in [-0.4, -0.2) is 24.0 Å². The number of carboxylic acids is 1. The molecule has 0 aliphatic carbocycles. The summed E-state index contributed by atoms with van der Waals surface area (Å²) in [5, 5.41) is 8.63. The lowest BCUT2D eigenvalue weighted by Crippen LogP contribution is -2.17. The van der Waals surface area contributed by atoms with Gasteiger partial charge in [-0.15, -0.1) is 13.2 Å². The topological polar surface area (TPSA) is 55.8 Å². The van der Waals surface area contributed by atoms with Crippen LogP contribution in [0.3, 0.4) is 0 Å². The van der Waals surface area contributed by atoms with E-state index in [1.54, 1.807) is 26.0 Å². The van der Waals surface area contributed by atoms with E-state index in [1.807, 2.05) is 0 Å². The maximum absolute atomic E-state index is 14.2. The van der Waals surface area contributed by atoms with Crippen LogP contribution in [0.4, 0.5) is 17.6 Å². The standard InChI is InChI=1S/C19H18F4O4/c1-11-8-13(9-12(2)18(11)26-7-3-4-17(24)25)15-10-14(5-6-16(15)20)27-19(21,22)23/h5-6,8-10H,3-4,7H2,1-2H3,(H,24,25). The molecule has 0 aliphatic heterocycles. The molecule has 0 amide bonds. The van der Waals surface area contributed by atoms with E-state index in [0.717, 1.165) is 18.2 Å². The fraction of sp³-hybridized carbons (Fsp3) is 0.316. The van der Waals surface area contributed by atoms with Crippen molar-refractivity contribution in [3.8, 4) is 22.6 Å². The molecule has 4 nitrogen and oxygen atoms in total. The minimum Gasteiger partial charge on any atom is -0.493 e. The molecule has 146 valence electrons. The van der Waals surface area contributed by atoms with E-state index >= 15 is 0 Å². The molecule has 0 atom stereocenters. The third-order valence-electron chi connectivity index (χ3n) is 3.72. The predicted molar refractivity (Wildman–Crippen MR) is 90.4 cm³/mol. The van der Waals surface area contributed by atoms with Gasteiger partial charge >= 0.3 is 12.3 Å².